The number of nitrogens with one attached hydrogen (secondary N) is 2. The number of nitrogens with zero attached hydrogens (tertiary/aromatic N) is 1. The number of halogens is 3. The van der Waals surface area contributed by atoms with Gasteiger partial charge in [-0.25, -0.2) is 13.1 Å². The molecular formula is C13H16F3N3O4S. The molecule has 2 rings (SSSR count). The number of piperazine rings is 1. The Morgan fingerprint density at radius 1 is 1.21 bits per heavy atom. The molecule has 1 fully saturated rings. The van der Waals surface area contributed by atoms with Crippen molar-refractivity contribution in [1.82, 2.24) is 14.9 Å². The van der Waals surface area contributed by atoms with Crippen molar-refractivity contribution in [2.24, 2.45) is 0 Å². The van der Waals surface area contributed by atoms with Crippen molar-refractivity contribution in [3.05, 3.63) is 24.3 Å². The predicted molar refractivity (Wildman–Crippen MR) is 77.8 cm³/mol. The van der Waals surface area contributed by atoms with Crippen LogP contribution in [0.1, 0.15) is 0 Å². The first kappa shape index (κ1) is 18.5. The maximum Gasteiger partial charge on any atom is 0.573 e. The van der Waals surface area contributed by atoms with E-state index in [9.17, 15) is 26.4 Å². The van der Waals surface area contributed by atoms with Crippen molar-refractivity contribution in [3.8, 4) is 5.75 Å². The summed E-state index contributed by atoms with van der Waals surface area (Å²) in [4.78, 5) is 13.2. The van der Waals surface area contributed by atoms with Gasteiger partial charge in [-0.1, -0.05) is 0 Å². The number of sulfonamides is 1. The summed E-state index contributed by atoms with van der Waals surface area (Å²) in [7, 11) is -4.00. The number of amides is 1. The molecular weight excluding hydrogens is 351 g/mol. The fourth-order valence-corrected chi connectivity index (χ4v) is 3.06. The molecule has 0 aromatic heterocycles. The molecule has 1 aromatic carbocycles. The average Bonchev–Trinajstić information content (AvgIpc) is 2.52. The van der Waals surface area contributed by atoms with E-state index in [1.165, 1.54) is 4.90 Å². The van der Waals surface area contributed by atoms with Crippen molar-refractivity contribution in [2.75, 3.05) is 32.7 Å². The zero-order valence-corrected chi connectivity index (χ0v) is 13.3. The van der Waals surface area contributed by atoms with Crippen LogP contribution < -0.4 is 14.8 Å². The van der Waals surface area contributed by atoms with Gasteiger partial charge in [-0.3, -0.25) is 4.79 Å². The minimum Gasteiger partial charge on any atom is -0.406 e. The van der Waals surface area contributed by atoms with Crippen LogP contribution in [0.15, 0.2) is 29.2 Å². The fourth-order valence-electron chi connectivity index (χ4n) is 2.09. The fraction of sp³-hybridized carbons (Fsp3) is 0.462. The topological polar surface area (TPSA) is 87.7 Å². The number of alkyl halides is 3. The number of rotatable bonds is 5. The maximum absolute atomic E-state index is 12.1. The monoisotopic (exact) mass is 367 g/mol. The van der Waals surface area contributed by atoms with Gasteiger partial charge in [0.15, 0.2) is 0 Å². The standard InChI is InChI=1S/C13H16F3N3O4S/c14-13(15,16)23-10-1-3-11(4-2-10)24(21,22)18-9-12(20)19-7-5-17-6-8-19/h1-4,17-18H,5-9H2. The van der Waals surface area contributed by atoms with E-state index < -0.39 is 28.7 Å². The average molecular weight is 367 g/mol. The molecule has 0 radical (unpaired) electrons. The highest BCUT2D eigenvalue weighted by molar-refractivity contribution is 7.89. The van der Waals surface area contributed by atoms with Crippen LogP contribution in [0.4, 0.5) is 13.2 Å². The van der Waals surface area contributed by atoms with Crippen LogP contribution in [0.25, 0.3) is 0 Å². The molecule has 0 bridgehead atoms. The first-order valence-corrected chi connectivity index (χ1v) is 8.50. The van der Waals surface area contributed by atoms with Gasteiger partial charge in [0.25, 0.3) is 0 Å². The highest BCUT2D eigenvalue weighted by atomic mass is 32.2. The minimum atomic E-state index is -4.85. The lowest BCUT2D eigenvalue weighted by Gasteiger charge is -2.27. The molecule has 1 aliphatic rings. The van der Waals surface area contributed by atoms with Gasteiger partial charge < -0.3 is 15.0 Å². The third-order valence-electron chi connectivity index (χ3n) is 3.25. The highest BCUT2D eigenvalue weighted by Gasteiger charge is 2.31. The van der Waals surface area contributed by atoms with E-state index in [1.54, 1.807) is 0 Å². The van der Waals surface area contributed by atoms with Crippen molar-refractivity contribution in [2.45, 2.75) is 11.3 Å². The molecule has 11 heteroatoms. The number of carbonyl (C=O) groups is 1. The van der Waals surface area contributed by atoms with E-state index in [0.29, 0.717) is 26.2 Å². The molecule has 1 heterocycles. The van der Waals surface area contributed by atoms with E-state index in [1.807, 2.05) is 0 Å². The van der Waals surface area contributed by atoms with Crippen LogP contribution in [0, 0.1) is 0 Å². The van der Waals surface area contributed by atoms with Crippen LogP contribution in [0.3, 0.4) is 0 Å². The Labute approximate surface area is 136 Å². The Bertz CT molecular complexity index is 671. The zero-order chi connectivity index (χ0) is 17.8. The van der Waals surface area contributed by atoms with Crippen LogP contribution in [-0.4, -0.2) is 58.3 Å². The van der Waals surface area contributed by atoms with Gasteiger partial charge in [0.2, 0.25) is 15.9 Å². The number of hydrogen-bond donors (Lipinski definition) is 2. The molecule has 1 amide bonds. The lowest BCUT2D eigenvalue weighted by Crippen LogP contribution is -2.49. The quantitative estimate of drug-likeness (QED) is 0.781. The molecule has 1 aromatic rings. The summed E-state index contributed by atoms with van der Waals surface area (Å²) in [6.45, 7) is 1.84. The predicted octanol–water partition coefficient (Wildman–Crippen LogP) is 0.295. The van der Waals surface area contributed by atoms with Gasteiger partial charge in [0, 0.05) is 26.2 Å². The Kier molecular flexibility index (Phi) is 5.67. The molecule has 1 saturated heterocycles. The zero-order valence-electron chi connectivity index (χ0n) is 12.5. The number of benzene rings is 1. The maximum atomic E-state index is 12.1. The number of carbonyl (C=O) groups excluding carboxylic acids is 1. The van der Waals surface area contributed by atoms with Crippen LogP contribution in [-0.2, 0) is 14.8 Å². The van der Waals surface area contributed by atoms with Crippen LogP contribution in [0.2, 0.25) is 0 Å². The minimum absolute atomic E-state index is 0.259. The van der Waals surface area contributed by atoms with Gasteiger partial charge >= 0.3 is 6.36 Å². The normalized spacial score (nSPS) is 16.0. The first-order chi connectivity index (χ1) is 11.2. The van der Waals surface area contributed by atoms with Crippen molar-refractivity contribution in [1.29, 1.82) is 0 Å². The second-order valence-corrected chi connectivity index (χ2v) is 6.74. The molecule has 0 unspecified atom stereocenters. The smallest absolute Gasteiger partial charge is 0.406 e. The second-order valence-electron chi connectivity index (χ2n) is 4.97. The first-order valence-electron chi connectivity index (χ1n) is 7.01. The molecule has 1 aliphatic heterocycles. The summed E-state index contributed by atoms with van der Waals surface area (Å²) in [5, 5.41) is 3.06. The van der Waals surface area contributed by atoms with Crippen LogP contribution >= 0.6 is 0 Å². The molecule has 2 N–H and O–H groups in total. The Balaban J connectivity index is 1.95. The van der Waals surface area contributed by atoms with Gasteiger partial charge in [-0.15, -0.1) is 13.2 Å². The molecule has 0 aliphatic carbocycles. The number of ether oxygens (including phenoxy) is 1. The molecule has 24 heavy (non-hydrogen) atoms. The molecule has 7 nitrogen and oxygen atoms in total. The largest absolute Gasteiger partial charge is 0.573 e. The van der Waals surface area contributed by atoms with Gasteiger partial charge in [-0.05, 0) is 24.3 Å². The van der Waals surface area contributed by atoms with E-state index in [0.717, 1.165) is 24.3 Å². The summed E-state index contributed by atoms with van der Waals surface area (Å²) in [5.41, 5.74) is 0. The summed E-state index contributed by atoms with van der Waals surface area (Å²) in [6.07, 6.45) is -4.85. The Morgan fingerprint density at radius 3 is 2.33 bits per heavy atom. The highest BCUT2D eigenvalue weighted by Crippen LogP contribution is 2.23. The van der Waals surface area contributed by atoms with Crippen LogP contribution in [0.5, 0.6) is 5.75 Å². The summed E-state index contributed by atoms with van der Waals surface area (Å²) in [6, 6.07) is 3.72. The molecule has 0 saturated carbocycles. The third-order valence-corrected chi connectivity index (χ3v) is 4.67. The second kappa shape index (κ2) is 7.36. The lowest BCUT2D eigenvalue weighted by atomic mass is 10.3. The van der Waals surface area contributed by atoms with Gasteiger partial charge in [0.05, 0.1) is 11.4 Å². The van der Waals surface area contributed by atoms with E-state index in [-0.39, 0.29) is 10.8 Å². The Hall–Kier alpha value is -1.85. The molecule has 0 atom stereocenters. The van der Waals surface area contributed by atoms with Crippen molar-refractivity contribution < 1.29 is 31.1 Å². The molecule has 134 valence electrons. The number of hydrogen-bond acceptors (Lipinski definition) is 5. The van der Waals surface area contributed by atoms with Crippen molar-refractivity contribution >= 4 is 15.9 Å². The lowest BCUT2D eigenvalue weighted by molar-refractivity contribution is -0.274. The van der Waals surface area contributed by atoms with E-state index in [4.69, 9.17) is 0 Å². The third kappa shape index (κ3) is 5.35. The van der Waals surface area contributed by atoms with Crippen molar-refractivity contribution in [3.63, 3.8) is 0 Å². The van der Waals surface area contributed by atoms with Gasteiger partial charge in [-0.2, -0.15) is 0 Å². The summed E-state index contributed by atoms with van der Waals surface area (Å²) >= 11 is 0. The molecule has 0 spiro atoms. The van der Waals surface area contributed by atoms with E-state index in [2.05, 4.69) is 14.8 Å². The van der Waals surface area contributed by atoms with Gasteiger partial charge in [0.1, 0.15) is 5.75 Å². The SMILES string of the molecule is O=C(CNS(=O)(=O)c1ccc(OC(F)(F)F)cc1)N1CCNCC1. The van der Waals surface area contributed by atoms with E-state index >= 15 is 0 Å². The Morgan fingerprint density at radius 2 is 1.79 bits per heavy atom. The summed E-state index contributed by atoms with van der Waals surface area (Å²) in [5.74, 6) is -0.893. The summed E-state index contributed by atoms with van der Waals surface area (Å²) < 4.78 is 66.1.